The first kappa shape index (κ1) is 15.2. The van der Waals surface area contributed by atoms with Crippen molar-refractivity contribution in [3.05, 3.63) is 66.2 Å². The molecular weight excluding hydrogens is 316 g/mol. The van der Waals surface area contributed by atoms with E-state index in [2.05, 4.69) is 4.99 Å². The molecule has 0 aliphatic heterocycles. The first-order valence-corrected chi connectivity index (χ1v) is 6.28. The number of fused-ring (bicyclic) bond motifs is 1. The number of para-hydroxylation sites is 1. The summed E-state index contributed by atoms with van der Waals surface area (Å²) in [6.07, 6.45) is 1.55. The van der Waals surface area contributed by atoms with Crippen LogP contribution in [0, 0.1) is 0 Å². The largest absolute Gasteiger partial charge is 0.507 e. The van der Waals surface area contributed by atoms with Gasteiger partial charge >= 0.3 is 0 Å². The maximum Gasteiger partial charge on any atom is 0.141 e. The van der Waals surface area contributed by atoms with Crippen LogP contribution in [0.1, 0.15) is 5.56 Å². The maximum atomic E-state index is 9.98. The topological polar surface area (TPSA) is 52.8 Å². The number of phenolic OH excluding ortho intramolecular Hbond substituents is 2. The van der Waals surface area contributed by atoms with Crippen molar-refractivity contribution < 1.29 is 29.7 Å². The Bertz CT molecular complexity index is 800. The van der Waals surface area contributed by atoms with E-state index in [1.807, 2.05) is 36.4 Å². The van der Waals surface area contributed by atoms with Gasteiger partial charge in [-0.05, 0) is 23.6 Å². The minimum absolute atomic E-state index is 0. The molecule has 0 radical (unpaired) electrons. The fourth-order valence-corrected chi connectivity index (χ4v) is 2.11. The van der Waals surface area contributed by atoms with Gasteiger partial charge in [0.05, 0.1) is 0 Å². The molecule has 0 saturated heterocycles. The van der Waals surface area contributed by atoms with E-state index in [9.17, 15) is 10.2 Å². The van der Waals surface area contributed by atoms with Gasteiger partial charge in [0.2, 0.25) is 0 Å². The number of phenols is 2. The number of hydrogen-bond acceptors (Lipinski definition) is 3. The molecule has 3 aromatic rings. The zero-order valence-corrected chi connectivity index (χ0v) is 14.4. The van der Waals surface area contributed by atoms with Crippen LogP contribution in [-0.4, -0.2) is 16.4 Å². The Labute approximate surface area is 135 Å². The average molecular weight is 329 g/mol. The van der Waals surface area contributed by atoms with Gasteiger partial charge in [0.25, 0.3) is 0 Å². The van der Waals surface area contributed by atoms with Gasteiger partial charge in [-0.25, -0.2) is 0 Å². The van der Waals surface area contributed by atoms with Crippen molar-refractivity contribution in [3.63, 3.8) is 0 Å². The quantitative estimate of drug-likeness (QED) is 0.552. The van der Waals surface area contributed by atoms with Crippen LogP contribution in [0.15, 0.2) is 65.7 Å². The Morgan fingerprint density at radius 1 is 0.762 bits per heavy atom. The van der Waals surface area contributed by atoms with Crippen LogP contribution in [0.2, 0.25) is 0 Å². The number of nitrogens with zero attached hydrogens (tertiary/aromatic N) is 1. The van der Waals surface area contributed by atoms with Crippen molar-refractivity contribution in [2.75, 3.05) is 0 Å². The summed E-state index contributed by atoms with van der Waals surface area (Å²) < 4.78 is 0. The molecule has 0 amide bonds. The summed E-state index contributed by atoms with van der Waals surface area (Å²) in [6.45, 7) is 0. The van der Waals surface area contributed by atoms with Crippen molar-refractivity contribution in [1.82, 2.24) is 0 Å². The van der Waals surface area contributed by atoms with Gasteiger partial charge in [0.15, 0.2) is 0 Å². The SMILES string of the molecule is Oc1ccccc1C=Nc1c(O)ccc2ccccc12.[Zn]. The van der Waals surface area contributed by atoms with E-state index in [0.29, 0.717) is 11.3 Å². The van der Waals surface area contributed by atoms with E-state index in [0.717, 1.165) is 10.8 Å². The van der Waals surface area contributed by atoms with E-state index in [4.69, 9.17) is 0 Å². The standard InChI is InChI=1S/C17H13NO2.Zn/c19-15-8-4-2-6-13(15)11-18-17-14-7-3-1-5-12(14)9-10-16(17)20;/h1-11,19-20H;. The number of benzene rings is 3. The average Bonchev–Trinajstić information content (AvgIpc) is 2.48. The van der Waals surface area contributed by atoms with E-state index in [1.165, 1.54) is 0 Å². The van der Waals surface area contributed by atoms with Crippen LogP contribution in [0.3, 0.4) is 0 Å². The molecule has 0 aromatic heterocycles. The van der Waals surface area contributed by atoms with Crippen molar-refractivity contribution in [2.24, 2.45) is 4.99 Å². The third-order valence-electron chi connectivity index (χ3n) is 3.15. The normalized spacial score (nSPS) is 10.7. The second-order valence-corrected chi connectivity index (χ2v) is 4.47. The predicted octanol–water partition coefficient (Wildman–Crippen LogP) is 4.00. The molecule has 0 spiro atoms. The molecule has 4 heteroatoms. The predicted molar refractivity (Wildman–Crippen MR) is 81.0 cm³/mol. The molecule has 0 aliphatic rings. The van der Waals surface area contributed by atoms with Gasteiger partial charge in [-0.2, -0.15) is 0 Å². The smallest absolute Gasteiger partial charge is 0.141 e. The summed E-state index contributed by atoms with van der Waals surface area (Å²) in [5.41, 5.74) is 1.12. The van der Waals surface area contributed by atoms with Crippen molar-refractivity contribution >= 4 is 22.7 Å². The van der Waals surface area contributed by atoms with Gasteiger partial charge in [0.1, 0.15) is 17.2 Å². The molecular formula is C17H13NO2Zn. The summed E-state index contributed by atoms with van der Waals surface area (Å²) in [6, 6.07) is 18.1. The van der Waals surface area contributed by atoms with E-state index in [1.54, 1.807) is 30.5 Å². The third kappa shape index (κ3) is 3.12. The minimum atomic E-state index is 0. The fourth-order valence-electron chi connectivity index (χ4n) is 2.11. The molecule has 0 bridgehead atoms. The summed E-state index contributed by atoms with van der Waals surface area (Å²) in [5, 5.41) is 21.6. The molecule has 0 aliphatic carbocycles. The van der Waals surface area contributed by atoms with Crippen molar-refractivity contribution in [2.45, 2.75) is 0 Å². The van der Waals surface area contributed by atoms with E-state index < -0.39 is 0 Å². The zero-order valence-electron chi connectivity index (χ0n) is 11.4. The van der Waals surface area contributed by atoms with Crippen LogP contribution in [0.4, 0.5) is 5.69 Å². The Kier molecular flexibility index (Phi) is 4.71. The fraction of sp³-hybridized carbons (Fsp3) is 0. The number of hydrogen-bond donors (Lipinski definition) is 2. The third-order valence-corrected chi connectivity index (χ3v) is 3.15. The summed E-state index contributed by atoms with van der Waals surface area (Å²) in [4.78, 5) is 4.33. The zero-order chi connectivity index (χ0) is 13.9. The van der Waals surface area contributed by atoms with Gasteiger partial charge in [0, 0.05) is 36.6 Å². The number of rotatable bonds is 2. The molecule has 0 heterocycles. The van der Waals surface area contributed by atoms with Crippen molar-refractivity contribution in [1.29, 1.82) is 0 Å². The molecule has 3 rings (SSSR count). The van der Waals surface area contributed by atoms with Gasteiger partial charge in [-0.3, -0.25) is 4.99 Å². The van der Waals surface area contributed by atoms with Gasteiger partial charge in [-0.1, -0.05) is 42.5 Å². The Balaban J connectivity index is 0.00000161. The molecule has 0 atom stereocenters. The van der Waals surface area contributed by atoms with E-state index in [-0.39, 0.29) is 31.0 Å². The van der Waals surface area contributed by atoms with E-state index >= 15 is 0 Å². The van der Waals surface area contributed by atoms with Crippen LogP contribution >= 0.6 is 0 Å². The van der Waals surface area contributed by atoms with Gasteiger partial charge in [-0.15, -0.1) is 0 Å². The molecule has 0 saturated carbocycles. The number of aliphatic imine (C=N–C) groups is 1. The summed E-state index contributed by atoms with van der Waals surface area (Å²) in [7, 11) is 0. The molecule has 3 nitrogen and oxygen atoms in total. The second kappa shape index (κ2) is 6.51. The second-order valence-electron chi connectivity index (χ2n) is 4.47. The summed E-state index contributed by atoms with van der Waals surface area (Å²) >= 11 is 0. The van der Waals surface area contributed by atoms with Crippen LogP contribution in [0.5, 0.6) is 11.5 Å². The Hall–Kier alpha value is -2.19. The number of aromatic hydroxyl groups is 2. The first-order chi connectivity index (χ1) is 9.75. The molecule has 0 fully saturated rings. The van der Waals surface area contributed by atoms with Crippen LogP contribution < -0.4 is 0 Å². The maximum absolute atomic E-state index is 9.98. The Morgan fingerprint density at radius 2 is 1.48 bits per heavy atom. The van der Waals surface area contributed by atoms with Gasteiger partial charge < -0.3 is 10.2 Å². The van der Waals surface area contributed by atoms with Crippen LogP contribution in [-0.2, 0) is 19.5 Å². The molecule has 21 heavy (non-hydrogen) atoms. The minimum Gasteiger partial charge on any atom is -0.507 e. The van der Waals surface area contributed by atoms with Crippen molar-refractivity contribution in [3.8, 4) is 11.5 Å². The molecule has 100 valence electrons. The monoisotopic (exact) mass is 327 g/mol. The Morgan fingerprint density at radius 3 is 2.29 bits per heavy atom. The van der Waals surface area contributed by atoms with Crippen LogP contribution in [0.25, 0.3) is 10.8 Å². The summed E-state index contributed by atoms with van der Waals surface area (Å²) in [5.74, 6) is 0.284. The molecule has 2 N–H and O–H groups in total. The molecule has 0 unspecified atom stereocenters. The first-order valence-electron chi connectivity index (χ1n) is 6.28. The molecule has 3 aromatic carbocycles.